The number of aromatic nitrogens is 1. The van der Waals surface area contributed by atoms with Crippen LogP contribution in [0.4, 0.5) is 5.13 Å². The van der Waals surface area contributed by atoms with Crippen molar-refractivity contribution in [1.29, 1.82) is 0 Å². The fourth-order valence-corrected chi connectivity index (χ4v) is 7.12. The summed E-state index contributed by atoms with van der Waals surface area (Å²) in [5.74, 6) is 0.0398. The van der Waals surface area contributed by atoms with Crippen LogP contribution in [0.25, 0.3) is 11.1 Å². The number of carbonyl (C=O) groups is 3. The molecule has 1 aliphatic heterocycles. The highest BCUT2D eigenvalue weighted by molar-refractivity contribution is 7.17. The van der Waals surface area contributed by atoms with E-state index in [1.807, 2.05) is 69.4 Å². The van der Waals surface area contributed by atoms with E-state index in [0.717, 1.165) is 98.8 Å². The lowest BCUT2D eigenvalue weighted by Gasteiger charge is -2.32. The summed E-state index contributed by atoms with van der Waals surface area (Å²) < 4.78 is 5.88. The monoisotopic (exact) mass is 675 g/mol. The van der Waals surface area contributed by atoms with E-state index in [1.54, 1.807) is 4.90 Å². The van der Waals surface area contributed by atoms with Crippen molar-refractivity contribution >= 4 is 34.3 Å². The topological polar surface area (TPSA) is 86.3 Å². The summed E-state index contributed by atoms with van der Waals surface area (Å²) in [6, 6.07) is 18.2. The fraction of sp³-hybridized carbons (Fsp3) is 0.526. The summed E-state index contributed by atoms with van der Waals surface area (Å²) in [6.45, 7) is 8.77. The van der Waals surface area contributed by atoms with Gasteiger partial charge in [0.1, 0.15) is 11.0 Å². The molecule has 2 amide bonds. The molecule has 10 heteroatoms. The van der Waals surface area contributed by atoms with Crippen molar-refractivity contribution in [2.75, 3.05) is 65.3 Å². The number of hydrogen-bond acceptors (Lipinski definition) is 8. The lowest BCUT2D eigenvalue weighted by Crippen LogP contribution is -2.42. The van der Waals surface area contributed by atoms with Gasteiger partial charge < -0.3 is 24.3 Å². The zero-order valence-electron chi connectivity index (χ0n) is 29.5. The third kappa shape index (κ3) is 10.9. The minimum absolute atomic E-state index is 0.0385. The van der Waals surface area contributed by atoms with E-state index < -0.39 is 0 Å². The second-order valence-corrected chi connectivity index (χ2v) is 13.9. The molecule has 0 radical (unpaired) electrons. The van der Waals surface area contributed by atoms with E-state index in [1.165, 1.54) is 11.3 Å². The van der Waals surface area contributed by atoms with Crippen LogP contribution in [0.15, 0.2) is 54.6 Å². The molecule has 1 aromatic heterocycles. The van der Waals surface area contributed by atoms with Crippen LogP contribution in [0.1, 0.15) is 72.8 Å². The van der Waals surface area contributed by atoms with Gasteiger partial charge in [-0.15, -0.1) is 0 Å². The van der Waals surface area contributed by atoms with E-state index in [9.17, 15) is 14.4 Å². The maximum atomic E-state index is 12.8. The lowest BCUT2D eigenvalue weighted by atomic mass is 9.98. The predicted octanol–water partition coefficient (Wildman–Crippen LogP) is 6.31. The maximum absolute atomic E-state index is 12.8. The number of thiazole rings is 1. The Hall–Kier alpha value is -3.76. The van der Waals surface area contributed by atoms with Gasteiger partial charge in [-0.1, -0.05) is 79.3 Å². The van der Waals surface area contributed by atoms with Gasteiger partial charge in [0.2, 0.25) is 5.91 Å². The Kier molecular flexibility index (Phi) is 14.4. The highest BCUT2D eigenvalue weighted by Gasteiger charge is 2.24. The molecule has 260 valence electrons. The van der Waals surface area contributed by atoms with Crippen LogP contribution in [0.2, 0.25) is 0 Å². The second-order valence-electron chi connectivity index (χ2n) is 12.9. The molecule has 4 rings (SSSR count). The van der Waals surface area contributed by atoms with Gasteiger partial charge in [-0.25, -0.2) is 4.98 Å². The summed E-state index contributed by atoms with van der Waals surface area (Å²) in [4.78, 5) is 51.7. The van der Waals surface area contributed by atoms with Crippen molar-refractivity contribution in [3.05, 3.63) is 70.7 Å². The molecule has 0 bridgehead atoms. The number of benzene rings is 2. The zero-order chi connectivity index (χ0) is 34.5. The van der Waals surface area contributed by atoms with Crippen molar-refractivity contribution in [1.82, 2.24) is 19.7 Å². The number of aryl methyl sites for hydroxylation is 1. The molecule has 0 N–H and O–H groups in total. The molecule has 2 aromatic carbocycles. The van der Waals surface area contributed by atoms with Crippen LogP contribution >= 0.6 is 11.3 Å². The van der Waals surface area contributed by atoms with Crippen molar-refractivity contribution in [3.8, 4) is 11.1 Å². The Labute approximate surface area is 290 Å². The number of anilines is 1. The van der Waals surface area contributed by atoms with Gasteiger partial charge in [-0.05, 0) is 55.7 Å². The van der Waals surface area contributed by atoms with Crippen molar-refractivity contribution in [2.45, 2.75) is 71.3 Å². The molecule has 1 aliphatic rings. The third-order valence-electron chi connectivity index (χ3n) is 9.04. The van der Waals surface area contributed by atoms with Crippen LogP contribution in [0, 0.1) is 6.92 Å². The number of esters is 1. The third-order valence-corrected chi connectivity index (χ3v) is 10.3. The van der Waals surface area contributed by atoms with Crippen LogP contribution in [0.3, 0.4) is 0 Å². The number of ether oxygens (including phenoxy) is 1. The number of piperidine rings is 1. The fourth-order valence-electron chi connectivity index (χ4n) is 6.07. The Balaban J connectivity index is 1.08. The molecular formula is C38H53N5O4S. The molecule has 1 saturated heterocycles. The van der Waals surface area contributed by atoms with Crippen LogP contribution in [-0.2, 0) is 20.7 Å². The molecule has 0 saturated carbocycles. The van der Waals surface area contributed by atoms with Gasteiger partial charge in [0.15, 0.2) is 5.13 Å². The predicted molar refractivity (Wildman–Crippen MR) is 195 cm³/mol. The summed E-state index contributed by atoms with van der Waals surface area (Å²) >= 11 is 1.46. The first-order valence-corrected chi connectivity index (χ1v) is 18.2. The average molecular weight is 676 g/mol. The Bertz CT molecular complexity index is 1470. The molecule has 3 aromatic rings. The number of amides is 2. The van der Waals surface area contributed by atoms with Crippen molar-refractivity contribution in [3.63, 3.8) is 0 Å². The first-order chi connectivity index (χ1) is 23.2. The van der Waals surface area contributed by atoms with Crippen molar-refractivity contribution < 1.29 is 19.1 Å². The van der Waals surface area contributed by atoms with Crippen LogP contribution < -0.4 is 4.90 Å². The van der Waals surface area contributed by atoms with Crippen LogP contribution in [0.5, 0.6) is 0 Å². The van der Waals surface area contributed by atoms with E-state index in [4.69, 9.17) is 4.74 Å². The van der Waals surface area contributed by atoms with Gasteiger partial charge in [-0.2, -0.15) is 0 Å². The quantitative estimate of drug-likeness (QED) is 0.123. The number of unbranched alkanes of at least 4 members (excludes halogenated alkanes) is 2. The summed E-state index contributed by atoms with van der Waals surface area (Å²) in [6.07, 6.45) is 6.08. The van der Waals surface area contributed by atoms with Gasteiger partial charge in [-0.3, -0.25) is 14.4 Å². The highest BCUT2D eigenvalue weighted by Crippen LogP contribution is 2.27. The van der Waals surface area contributed by atoms with Gasteiger partial charge in [0.05, 0.1) is 12.1 Å². The molecule has 2 heterocycles. The molecule has 1 fully saturated rings. The minimum atomic E-state index is -0.177. The summed E-state index contributed by atoms with van der Waals surface area (Å²) in [5.41, 5.74) is 3.93. The number of likely N-dealkylation sites (N-methyl/N-ethyl adjacent to an activating group) is 1. The molecule has 9 nitrogen and oxygen atoms in total. The van der Waals surface area contributed by atoms with E-state index in [-0.39, 0.29) is 30.3 Å². The molecule has 0 aliphatic carbocycles. The van der Waals surface area contributed by atoms with E-state index in [0.29, 0.717) is 17.8 Å². The molecule has 0 unspecified atom stereocenters. The second kappa shape index (κ2) is 18.7. The lowest BCUT2D eigenvalue weighted by molar-refractivity contribution is -0.150. The van der Waals surface area contributed by atoms with E-state index in [2.05, 4.69) is 39.9 Å². The number of carbonyl (C=O) groups excluding carboxylic acids is 3. The average Bonchev–Trinajstić information content (AvgIpc) is 3.49. The molecular weight excluding hydrogens is 623 g/mol. The molecule has 0 spiro atoms. The molecule has 48 heavy (non-hydrogen) atoms. The summed E-state index contributed by atoms with van der Waals surface area (Å²) in [5, 5.41) is 0.864. The first kappa shape index (κ1) is 37.1. The largest absolute Gasteiger partial charge is 0.462 e. The number of hydrogen-bond donors (Lipinski definition) is 0. The van der Waals surface area contributed by atoms with Crippen molar-refractivity contribution in [2.24, 2.45) is 0 Å². The highest BCUT2D eigenvalue weighted by atomic mass is 32.1. The number of nitrogens with zero attached hydrogens (tertiary/aromatic N) is 5. The maximum Gasteiger partial charge on any atom is 0.310 e. The number of rotatable bonds is 17. The zero-order valence-corrected chi connectivity index (χ0v) is 30.3. The van der Waals surface area contributed by atoms with Gasteiger partial charge >= 0.3 is 5.97 Å². The summed E-state index contributed by atoms with van der Waals surface area (Å²) in [7, 11) is 5.74. The normalized spacial score (nSPS) is 13.7. The Morgan fingerprint density at radius 3 is 2.33 bits per heavy atom. The first-order valence-electron chi connectivity index (χ1n) is 17.4. The minimum Gasteiger partial charge on any atom is -0.462 e. The van der Waals surface area contributed by atoms with Gasteiger partial charge in [0, 0.05) is 66.8 Å². The molecule has 0 atom stereocenters. The Morgan fingerprint density at radius 2 is 1.60 bits per heavy atom. The SMILES string of the molecule is CCCN(C)C(=O)c1sc(N(C)CCCCCC(=O)N(C)CCN2CCC(OC(=O)Cc3ccccc3-c3ccccc3)CC2)nc1C. The Morgan fingerprint density at radius 1 is 0.896 bits per heavy atom. The number of likely N-dealkylation sites (tertiary alicyclic amines) is 1. The van der Waals surface area contributed by atoms with E-state index >= 15 is 0 Å². The standard InChI is InChI=1S/C38H53N5O4S/c1-6-22-41(4)37(46)36-29(2)39-38(48-36)42(5)23-14-8-11-19-34(44)40(3)26-27-43-24-20-32(21-25-43)47-35(45)28-31-17-12-13-18-33(31)30-15-9-7-10-16-30/h7,9-10,12-13,15-18,32H,6,8,11,14,19-28H2,1-5H3. The van der Waals surface area contributed by atoms with Crippen LogP contribution in [-0.4, -0.2) is 104 Å². The van der Waals surface area contributed by atoms with Gasteiger partial charge in [0.25, 0.3) is 5.91 Å². The smallest absolute Gasteiger partial charge is 0.310 e.